The molecule has 168 valence electrons. The maximum Gasteiger partial charge on any atom is 0.339 e. The summed E-state index contributed by atoms with van der Waals surface area (Å²) in [5.74, 6) is -0.923. The highest BCUT2D eigenvalue weighted by Gasteiger charge is 2.24. The Bertz CT molecular complexity index is 964. The smallest absolute Gasteiger partial charge is 0.339 e. The van der Waals surface area contributed by atoms with Gasteiger partial charge in [-0.2, -0.15) is 0 Å². The van der Waals surface area contributed by atoms with Crippen molar-refractivity contribution in [3.63, 3.8) is 0 Å². The summed E-state index contributed by atoms with van der Waals surface area (Å²) < 4.78 is 9.94. The van der Waals surface area contributed by atoms with Gasteiger partial charge in [-0.15, -0.1) is 0 Å². The molecule has 1 amide bonds. The molecule has 0 spiro atoms. The fourth-order valence-corrected chi connectivity index (χ4v) is 3.43. The van der Waals surface area contributed by atoms with Gasteiger partial charge < -0.3 is 19.8 Å². The van der Waals surface area contributed by atoms with Gasteiger partial charge in [0.15, 0.2) is 5.78 Å². The summed E-state index contributed by atoms with van der Waals surface area (Å²) in [4.78, 5) is 42.3. The number of methoxy groups -OCH3 is 2. The van der Waals surface area contributed by atoms with Crippen molar-refractivity contribution in [3.05, 3.63) is 51.8 Å². The van der Waals surface area contributed by atoms with Crippen molar-refractivity contribution in [2.24, 2.45) is 0 Å². The molecule has 0 aliphatic carbocycles. The molecular formula is C23H31N3O5. The van der Waals surface area contributed by atoms with Gasteiger partial charge >= 0.3 is 5.97 Å². The maximum atomic E-state index is 13.0. The molecule has 0 radical (unpaired) electrons. The molecule has 0 bridgehead atoms. The largest absolute Gasteiger partial charge is 0.465 e. The zero-order valence-electron chi connectivity index (χ0n) is 19.0. The zero-order valence-corrected chi connectivity index (χ0v) is 19.0. The zero-order chi connectivity index (χ0) is 23.1. The summed E-state index contributed by atoms with van der Waals surface area (Å²) in [6.45, 7) is 8.18. The number of aromatic nitrogens is 1. The number of ketones is 1. The van der Waals surface area contributed by atoms with Crippen molar-refractivity contribution in [1.29, 1.82) is 0 Å². The van der Waals surface area contributed by atoms with Gasteiger partial charge in [0.1, 0.15) is 0 Å². The molecule has 2 N–H and O–H groups in total. The summed E-state index contributed by atoms with van der Waals surface area (Å²) in [6.07, 6.45) is 0. The van der Waals surface area contributed by atoms with Crippen molar-refractivity contribution in [2.45, 2.75) is 27.7 Å². The number of ether oxygens (including phenoxy) is 2. The monoisotopic (exact) mass is 429 g/mol. The first-order valence-electron chi connectivity index (χ1n) is 10.1. The fourth-order valence-electron chi connectivity index (χ4n) is 3.43. The standard InChI is InChI=1S/C23H31N3O5/c1-14-8-7-9-18(15(14)2)25-20(28)13-26(10-11-30-5)12-19(27)22-16(3)21(17(4)24-22)23(29)31-6/h7-9,24H,10-13H2,1-6H3,(H,25,28). The predicted molar refractivity (Wildman–Crippen MR) is 119 cm³/mol. The second-order valence-corrected chi connectivity index (χ2v) is 7.54. The Hall–Kier alpha value is -2.97. The number of H-pyrrole nitrogens is 1. The van der Waals surface area contributed by atoms with E-state index in [0.29, 0.717) is 35.7 Å². The van der Waals surface area contributed by atoms with E-state index in [-0.39, 0.29) is 24.8 Å². The Morgan fingerprint density at radius 1 is 1.03 bits per heavy atom. The first-order valence-corrected chi connectivity index (χ1v) is 10.1. The topological polar surface area (TPSA) is 101 Å². The Balaban J connectivity index is 2.14. The predicted octanol–water partition coefficient (Wildman–Crippen LogP) is 2.80. The Labute approximate surface area is 182 Å². The number of hydrogen-bond acceptors (Lipinski definition) is 6. The lowest BCUT2D eigenvalue weighted by atomic mass is 10.1. The van der Waals surface area contributed by atoms with Crippen LogP contribution >= 0.6 is 0 Å². The Morgan fingerprint density at radius 2 is 1.74 bits per heavy atom. The van der Waals surface area contributed by atoms with Gasteiger partial charge in [0.05, 0.1) is 38.1 Å². The molecule has 0 saturated carbocycles. The van der Waals surface area contributed by atoms with E-state index in [0.717, 1.165) is 16.8 Å². The second kappa shape index (κ2) is 10.9. The van der Waals surface area contributed by atoms with Crippen LogP contribution < -0.4 is 5.32 Å². The van der Waals surface area contributed by atoms with Crippen molar-refractivity contribution < 1.29 is 23.9 Å². The summed E-state index contributed by atoms with van der Waals surface area (Å²) >= 11 is 0. The molecule has 0 aliphatic rings. The van der Waals surface area contributed by atoms with E-state index in [4.69, 9.17) is 9.47 Å². The normalized spacial score (nSPS) is 10.9. The third kappa shape index (κ3) is 6.02. The van der Waals surface area contributed by atoms with Crippen molar-refractivity contribution in [2.75, 3.05) is 45.8 Å². The van der Waals surface area contributed by atoms with Gasteiger partial charge in [0, 0.05) is 25.0 Å². The number of nitrogens with zero attached hydrogens (tertiary/aromatic N) is 1. The Morgan fingerprint density at radius 3 is 2.39 bits per heavy atom. The third-order valence-electron chi connectivity index (χ3n) is 5.33. The van der Waals surface area contributed by atoms with Crippen LogP contribution in [-0.2, 0) is 14.3 Å². The highest BCUT2D eigenvalue weighted by Crippen LogP contribution is 2.20. The van der Waals surface area contributed by atoms with Crippen LogP contribution in [-0.4, -0.2) is 68.0 Å². The molecule has 8 heteroatoms. The summed E-state index contributed by atoms with van der Waals surface area (Å²) in [5, 5.41) is 2.92. The van der Waals surface area contributed by atoms with Crippen LogP contribution in [0.3, 0.4) is 0 Å². The number of carbonyl (C=O) groups excluding carboxylic acids is 3. The number of Topliss-reactive ketones (excluding diaryl/α,β-unsaturated/α-hetero) is 1. The number of anilines is 1. The fraction of sp³-hybridized carbons (Fsp3) is 0.435. The van der Waals surface area contributed by atoms with Crippen LogP contribution in [0.5, 0.6) is 0 Å². The molecule has 0 unspecified atom stereocenters. The number of hydrogen-bond donors (Lipinski definition) is 2. The SMILES string of the molecule is COCCN(CC(=O)Nc1cccc(C)c1C)CC(=O)c1[nH]c(C)c(C(=O)OC)c1C. The number of amides is 1. The highest BCUT2D eigenvalue weighted by molar-refractivity contribution is 6.02. The van der Waals surface area contributed by atoms with E-state index in [9.17, 15) is 14.4 Å². The van der Waals surface area contributed by atoms with Crippen LogP contribution in [0.2, 0.25) is 0 Å². The lowest BCUT2D eigenvalue weighted by molar-refractivity contribution is -0.117. The molecule has 2 aromatic rings. The number of nitrogens with one attached hydrogen (secondary N) is 2. The van der Waals surface area contributed by atoms with Gasteiger partial charge in [-0.25, -0.2) is 4.79 Å². The molecule has 0 fully saturated rings. The van der Waals surface area contributed by atoms with Crippen LogP contribution in [0.15, 0.2) is 18.2 Å². The minimum Gasteiger partial charge on any atom is -0.465 e. The number of aryl methyl sites for hydroxylation is 2. The van der Waals surface area contributed by atoms with E-state index < -0.39 is 5.97 Å². The number of benzene rings is 1. The lowest BCUT2D eigenvalue weighted by Crippen LogP contribution is -2.39. The van der Waals surface area contributed by atoms with E-state index in [2.05, 4.69) is 10.3 Å². The van der Waals surface area contributed by atoms with Gasteiger partial charge in [0.25, 0.3) is 0 Å². The van der Waals surface area contributed by atoms with Crippen LogP contribution in [0, 0.1) is 27.7 Å². The summed E-state index contributed by atoms with van der Waals surface area (Å²) in [5.41, 5.74) is 4.66. The van der Waals surface area contributed by atoms with Gasteiger partial charge in [-0.05, 0) is 50.5 Å². The van der Waals surface area contributed by atoms with E-state index >= 15 is 0 Å². The minimum absolute atomic E-state index is 0.00495. The molecule has 0 aliphatic heterocycles. The molecule has 1 aromatic carbocycles. The van der Waals surface area contributed by atoms with E-state index in [1.54, 1.807) is 25.9 Å². The van der Waals surface area contributed by atoms with E-state index in [1.807, 2.05) is 32.0 Å². The minimum atomic E-state index is -0.491. The van der Waals surface area contributed by atoms with Crippen LogP contribution in [0.25, 0.3) is 0 Å². The highest BCUT2D eigenvalue weighted by atomic mass is 16.5. The summed E-state index contributed by atoms with van der Waals surface area (Å²) in [6, 6.07) is 5.72. The number of carbonyl (C=O) groups is 3. The van der Waals surface area contributed by atoms with Crippen LogP contribution in [0.4, 0.5) is 5.69 Å². The number of rotatable bonds is 10. The molecule has 31 heavy (non-hydrogen) atoms. The molecule has 1 aromatic heterocycles. The third-order valence-corrected chi connectivity index (χ3v) is 5.33. The van der Waals surface area contributed by atoms with Gasteiger partial charge in [0.2, 0.25) is 5.91 Å². The lowest BCUT2D eigenvalue weighted by Gasteiger charge is -2.21. The second-order valence-electron chi connectivity index (χ2n) is 7.54. The van der Waals surface area contributed by atoms with Crippen molar-refractivity contribution >= 4 is 23.3 Å². The average Bonchev–Trinajstić information content (AvgIpc) is 3.03. The summed E-state index contributed by atoms with van der Waals surface area (Å²) in [7, 11) is 2.87. The first-order chi connectivity index (χ1) is 14.7. The van der Waals surface area contributed by atoms with Crippen LogP contribution in [0.1, 0.15) is 43.2 Å². The maximum absolute atomic E-state index is 13.0. The van der Waals surface area contributed by atoms with E-state index in [1.165, 1.54) is 7.11 Å². The molecule has 0 atom stereocenters. The first kappa shape index (κ1) is 24.3. The molecule has 0 saturated heterocycles. The number of aromatic amines is 1. The molecule has 8 nitrogen and oxygen atoms in total. The molecule has 2 rings (SSSR count). The van der Waals surface area contributed by atoms with Gasteiger partial charge in [-0.1, -0.05) is 12.1 Å². The number of esters is 1. The Kier molecular flexibility index (Phi) is 8.53. The van der Waals surface area contributed by atoms with Crippen molar-refractivity contribution in [1.82, 2.24) is 9.88 Å². The van der Waals surface area contributed by atoms with Crippen molar-refractivity contribution in [3.8, 4) is 0 Å². The van der Waals surface area contributed by atoms with Gasteiger partial charge in [-0.3, -0.25) is 14.5 Å². The quantitative estimate of drug-likeness (QED) is 0.445. The molecule has 1 heterocycles. The average molecular weight is 430 g/mol. The molecular weight excluding hydrogens is 398 g/mol.